The number of anilines is 3. The Hall–Kier alpha value is -4.36. The second kappa shape index (κ2) is 13.5. The number of ether oxygens (including phenoxy) is 2. The maximum Gasteiger partial charge on any atom is 0.246 e. The zero-order valence-electron chi connectivity index (χ0n) is 23.2. The van der Waals surface area contributed by atoms with Gasteiger partial charge in [-0.2, -0.15) is 5.10 Å². The molecule has 42 heavy (non-hydrogen) atoms. The van der Waals surface area contributed by atoms with Gasteiger partial charge in [0, 0.05) is 36.8 Å². The molecule has 2 aromatic heterocycles. The number of fused-ring (bicyclic) bond motifs is 1. The lowest BCUT2D eigenvalue weighted by atomic mass is 10.00. The van der Waals surface area contributed by atoms with Crippen LogP contribution in [0.2, 0.25) is 0 Å². The Kier molecular flexibility index (Phi) is 9.39. The van der Waals surface area contributed by atoms with Crippen LogP contribution in [-0.4, -0.2) is 75.1 Å². The first-order valence-corrected chi connectivity index (χ1v) is 13.8. The van der Waals surface area contributed by atoms with Crippen LogP contribution in [0.5, 0.6) is 11.5 Å². The largest absolute Gasteiger partial charge is 0.493 e. The van der Waals surface area contributed by atoms with E-state index >= 15 is 0 Å². The first kappa shape index (κ1) is 29.1. The lowest BCUT2D eigenvalue weighted by Gasteiger charge is -2.35. The van der Waals surface area contributed by atoms with Crippen LogP contribution in [0, 0.1) is 11.6 Å². The maximum atomic E-state index is 13.9. The molecule has 0 spiro atoms. The van der Waals surface area contributed by atoms with E-state index in [0.717, 1.165) is 38.4 Å². The quantitative estimate of drug-likeness (QED) is 0.227. The fourth-order valence-corrected chi connectivity index (χ4v) is 5.13. The minimum Gasteiger partial charge on any atom is -0.493 e. The topological polar surface area (TPSA) is 127 Å². The summed E-state index contributed by atoms with van der Waals surface area (Å²) in [5, 5.41) is 19.8. The summed E-state index contributed by atoms with van der Waals surface area (Å²) in [6, 6.07) is 7.55. The number of carbonyl (C=O) groups excluding carboxylic acids is 1. The molecule has 0 saturated carbocycles. The summed E-state index contributed by atoms with van der Waals surface area (Å²) in [7, 11) is 1.57. The summed E-state index contributed by atoms with van der Waals surface area (Å²) in [4.78, 5) is 23.5. The summed E-state index contributed by atoms with van der Waals surface area (Å²) in [5.74, 6) is -1.14. The molecule has 222 valence electrons. The van der Waals surface area contributed by atoms with E-state index in [1.165, 1.54) is 35.8 Å². The van der Waals surface area contributed by atoms with Crippen LogP contribution in [0.15, 0.2) is 49.1 Å². The molecule has 0 bridgehead atoms. The van der Waals surface area contributed by atoms with Gasteiger partial charge in [0.05, 0.1) is 30.2 Å². The molecular formula is C29H33F2N7O4. The highest BCUT2D eigenvalue weighted by molar-refractivity contribution is 5.93. The zero-order valence-corrected chi connectivity index (χ0v) is 23.2. The van der Waals surface area contributed by atoms with Crippen molar-refractivity contribution in [3.05, 3.63) is 60.7 Å². The molecule has 5 rings (SSSR count). The van der Waals surface area contributed by atoms with Crippen LogP contribution in [-0.2, 0) is 11.3 Å². The molecule has 11 nitrogen and oxygen atoms in total. The van der Waals surface area contributed by atoms with Crippen LogP contribution >= 0.6 is 0 Å². The summed E-state index contributed by atoms with van der Waals surface area (Å²) < 4.78 is 40.4. The van der Waals surface area contributed by atoms with Gasteiger partial charge in [0.2, 0.25) is 5.91 Å². The van der Waals surface area contributed by atoms with Crippen molar-refractivity contribution in [2.24, 2.45) is 0 Å². The standard InChI is InChI=1S/C29H33F2N7O4/c1-41-25-13-21-24(14-26(25)42-12-10-37-9-3-2-5-20(37)8-11-39)32-18-33-29(21)35-19-15-34-38(16-19)17-27(40)36-23-7-4-6-22(30)28(23)31/h4,6-7,13-16,18,20,39H,2-3,5,8-12,17H2,1H3,(H,36,40)(H,32,33,35)/t20-/m0/s1. The van der Waals surface area contributed by atoms with E-state index in [9.17, 15) is 18.7 Å². The molecule has 1 atom stereocenters. The fourth-order valence-electron chi connectivity index (χ4n) is 5.13. The highest BCUT2D eigenvalue weighted by Crippen LogP contribution is 2.35. The number of rotatable bonds is 12. The van der Waals surface area contributed by atoms with Crippen molar-refractivity contribution in [1.29, 1.82) is 0 Å². The third-order valence-corrected chi connectivity index (χ3v) is 7.20. The number of methoxy groups -OCH3 is 1. The zero-order chi connectivity index (χ0) is 29.5. The number of amides is 1. The van der Waals surface area contributed by atoms with E-state index in [1.54, 1.807) is 19.4 Å². The average molecular weight is 582 g/mol. The molecular weight excluding hydrogens is 548 g/mol. The van der Waals surface area contributed by atoms with Gasteiger partial charge in [0.25, 0.3) is 0 Å². The van der Waals surface area contributed by atoms with Gasteiger partial charge in [-0.05, 0) is 44.0 Å². The van der Waals surface area contributed by atoms with E-state index in [2.05, 4.69) is 30.6 Å². The van der Waals surface area contributed by atoms with Crippen LogP contribution in [0.1, 0.15) is 25.7 Å². The molecule has 1 aliphatic rings. The Morgan fingerprint density at radius 2 is 2.07 bits per heavy atom. The first-order valence-electron chi connectivity index (χ1n) is 13.8. The van der Waals surface area contributed by atoms with Gasteiger partial charge in [0.15, 0.2) is 23.1 Å². The van der Waals surface area contributed by atoms with Crippen molar-refractivity contribution in [2.45, 2.75) is 38.3 Å². The van der Waals surface area contributed by atoms with E-state index in [-0.39, 0.29) is 18.8 Å². The minimum atomic E-state index is -1.12. The monoisotopic (exact) mass is 581 g/mol. The Bertz CT molecular complexity index is 1530. The lowest BCUT2D eigenvalue weighted by molar-refractivity contribution is -0.116. The number of aromatic nitrogens is 4. The van der Waals surface area contributed by atoms with Crippen molar-refractivity contribution < 1.29 is 28.2 Å². The third-order valence-electron chi connectivity index (χ3n) is 7.20. The van der Waals surface area contributed by atoms with Crippen LogP contribution < -0.4 is 20.1 Å². The summed E-state index contributed by atoms with van der Waals surface area (Å²) in [6.45, 7) is 2.19. The van der Waals surface area contributed by atoms with Crippen molar-refractivity contribution in [1.82, 2.24) is 24.6 Å². The molecule has 3 N–H and O–H groups in total. The number of aliphatic hydroxyl groups is 1. The van der Waals surface area contributed by atoms with Gasteiger partial charge >= 0.3 is 0 Å². The summed E-state index contributed by atoms with van der Waals surface area (Å²) in [5.41, 5.74) is 0.953. The average Bonchev–Trinajstić information content (AvgIpc) is 3.42. The van der Waals surface area contributed by atoms with Crippen molar-refractivity contribution in [3.63, 3.8) is 0 Å². The van der Waals surface area contributed by atoms with E-state index < -0.39 is 17.5 Å². The Balaban J connectivity index is 1.24. The van der Waals surface area contributed by atoms with Gasteiger partial charge in [-0.25, -0.2) is 18.7 Å². The third kappa shape index (κ3) is 6.92. The molecule has 0 unspecified atom stereocenters. The number of aliphatic hydroxyl groups excluding tert-OH is 1. The van der Waals surface area contributed by atoms with Crippen molar-refractivity contribution in [2.75, 3.05) is 44.0 Å². The maximum absolute atomic E-state index is 13.9. The van der Waals surface area contributed by atoms with Crippen LogP contribution in [0.4, 0.5) is 26.0 Å². The highest BCUT2D eigenvalue weighted by atomic mass is 19.2. The van der Waals surface area contributed by atoms with Crippen molar-refractivity contribution >= 4 is 34.0 Å². The Morgan fingerprint density at radius 1 is 1.19 bits per heavy atom. The van der Waals surface area contributed by atoms with Crippen molar-refractivity contribution in [3.8, 4) is 11.5 Å². The number of hydrogen-bond donors (Lipinski definition) is 3. The number of benzene rings is 2. The Labute approximate surface area is 241 Å². The lowest BCUT2D eigenvalue weighted by Crippen LogP contribution is -2.42. The number of piperidine rings is 1. The van der Waals surface area contributed by atoms with Gasteiger partial charge in [-0.1, -0.05) is 12.5 Å². The summed E-state index contributed by atoms with van der Waals surface area (Å²) in [6.07, 6.45) is 8.73. The number of nitrogens with one attached hydrogen (secondary N) is 2. The number of hydrogen-bond acceptors (Lipinski definition) is 9. The number of likely N-dealkylation sites (tertiary alicyclic amines) is 1. The predicted octanol–water partition coefficient (Wildman–Crippen LogP) is 4.11. The van der Waals surface area contributed by atoms with Gasteiger partial charge in [-0.15, -0.1) is 0 Å². The molecule has 1 aliphatic heterocycles. The van der Waals surface area contributed by atoms with E-state index in [0.29, 0.717) is 46.6 Å². The number of nitrogens with zero attached hydrogens (tertiary/aromatic N) is 5. The number of halogens is 2. The molecule has 0 radical (unpaired) electrons. The summed E-state index contributed by atoms with van der Waals surface area (Å²) >= 11 is 0. The molecule has 13 heteroatoms. The van der Waals surface area contributed by atoms with Gasteiger partial charge < -0.3 is 25.2 Å². The first-order chi connectivity index (χ1) is 20.4. The van der Waals surface area contributed by atoms with E-state index in [1.807, 2.05) is 6.07 Å². The van der Waals surface area contributed by atoms with Gasteiger partial charge in [-0.3, -0.25) is 14.4 Å². The van der Waals surface area contributed by atoms with Crippen LogP contribution in [0.25, 0.3) is 10.9 Å². The molecule has 1 fully saturated rings. The predicted molar refractivity (Wildman–Crippen MR) is 153 cm³/mol. The van der Waals surface area contributed by atoms with Gasteiger partial charge in [0.1, 0.15) is 25.3 Å². The highest BCUT2D eigenvalue weighted by Gasteiger charge is 2.22. The molecule has 2 aromatic carbocycles. The normalized spacial score (nSPS) is 15.5. The number of carbonyl (C=O) groups is 1. The molecule has 3 heterocycles. The fraction of sp³-hybridized carbons (Fsp3) is 0.379. The van der Waals surface area contributed by atoms with Crippen LogP contribution in [0.3, 0.4) is 0 Å². The molecule has 1 amide bonds. The molecule has 1 saturated heterocycles. The second-order valence-corrected chi connectivity index (χ2v) is 9.99. The minimum absolute atomic E-state index is 0.185. The van der Waals surface area contributed by atoms with E-state index in [4.69, 9.17) is 9.47 Å². The molecule has 4 aromatic rings. The smallest absolute Gasteiger partial charge is 0.246 e. The SMILES string of the molecule is COc1cc2c(Nc3cnn(CC(=O)Nc4cccc(F)c4F)c3)ncnc2cc1OCCN1CCCC[C@H]1CCO. The Morgan fingerprint density at radius 3 is 2.90 bits per heavy atom. The second-order valence-electron chi connectivity index (χ2n) is 9.99. The molecule has 0 aliphatic carbocycles.